The van der Waals surface area contributed by atoms with E-state index in [9.17, 15) is 4.57 Å². The van der Waals surface area contributed by atoms with Gasteiger partial charge >= 0.3 is 7.75 Å². The minimum Gasteiger partial charge on any atom is -0.399 e. The van der Waals surface area contributed by atoms with Crippen LogP contribution >= 0.6 is 7.75 Å². The van der Waals surface area contributed by atoms with E-state index in [1.807, 2.05) is 51.2 Å². The lowest BCUT2D eigenvalue weighted by Crippen LogP contribution is -2.37. The molecule has 0 aromatic heterocycles. The molecule has 0 N–H and O–H groups in total. The van der Waals surface area contributed by atoms with Gasteiger partial charge in [-0.05, 0) is 55.7 Å². The van der Waals surface area contributed by atoms with E-state index in [0.717, 1.165) is 17.5 Å². The van der Waals surface area contributed by atoms with Gasteiger partial charge in [-0.25, -0.2) is 4.57 Å². The Labute approximate surface area is 190 Å². The van der Waals surface area contributed by atoms with Crippen molar-refractivity contribution < 1.29 is 13.6 Å². The van der Waals surface area contributed by atoms with Gasteiger partial charge in [0, 0.05) is 13.5 Å². The monoisotopic (exact) mass is 448 g/mol. The molecule has 1 heterocycles. The van der Waals surface area contributed by atoms with Gasteiger partial charge in [-0.1, -0.05) is 66.6 Å². The molecule has 1 aliphatic heterocycles. The number of fused-ring (bicyclic) bond motifs is 1. The molecule has 0 aliphatic carbocycles. The van der Waals surface area contributed by atoms with Crippen LogP contribution in [0, 0.1) is 13.8 Å². The summed E-state index contributed by atoms with van der Waals surface area (Å²) >= 11 is 0. The number of hydrogen-bond acceptors (Lipinski definition) is 3. The van der Waals surface area contributed by atoms with Crippen LogP contribution in [0.25, 0.3) is 0 Å². The topological polar surface area (TPSA) is 51.1 Å². The quantitative estimate of drug-likeness (QED) is 0.385. The summed E-state index contributed by atoms with van der Waals surface area (Å²) < 4.78 is 30.5. The Balaban J connectivity index is 1.73. The first-order chi connectivity index (χ1) is 15.4. The molecule has 1 atom stereocenters. The predicted molar refractivity (Wildman–Crippen MR) is 130 cm³/mol. The van der Waals surface area contributed by atoms with Gasteiger partial charge in [-0.15, -0.1) is 4.76 Å². The molecule has 3 aromatic carbocycles. The molecule has 1 unspecified atom stereocenters. The molecule has 0 saturated heterocycles. The third-order valence-corrected chi connectivity index (χ3v) is 7.10. The maximum atomic E-state index is 14.0. The number of rotatable bonds is 6. The maximum Gasteiger partial charge on any atom is 0.564 e. The fraction of sp³-hybridized carbons (Fsp3) is 0.269. The van der Waals surface area contributed by atoms with Crippen molar-refractivity contribution in [3.05, 3.63) is 95.1 Å². The molecule has 0 bridgehead atoms. The highest BCUT2D eigenvalue weighted by Gasteiger charge is 2.34. The Morgan fingerprint density at radius 3 is 1.97 bits per heavy atom. The smallest absolute Gasteiger partial charge is 0.399 e. The highest BCUT2D eigenvalue weighted by atomic mass is 31.2. The normalized spacial score (nSPS) is 17.2. The number of hydrogen-bond donors (Lipinski definition) is 0. The SMILES string of the molecule is CCC1c2ccccc2CC(=NP(=O)(Oc2ccc(C)cc2)Oc2ccc(C)cc2)N1C. The van der Waals surface area contributed by atoms with Crippen LogP contribution in [0.4, 0.5) is 0 Å². The van der Waals surface area contributed by atoms with Crippen molar-refractivity contribution in [1.29, 1.82) is 0 Å². The van der Waals surface area contributed by atoms with Gasteiger partial charge in [0.25, 0.3) is 0 Å². The summed E-state index contributed by atoms with van der Waals surface area (Å²) in [6.07, 6.45) is 1.48. The van der Waals surface area contributed by atoms with Crippen LogP contribution < -0.4 is 9.05 Å². The highest BCUT2D eigenvalue weighted by molar-refractivity contribution is 7.53. The Bertz CT molecular complexity index is 1100. The molecular formula is C26H29N2O3P. The molecule has 0 radical (unpaired) electrons. The number of amidine groups is 1. The van der Waals surface area contributed by atoms with Crippen molar-refractivity contribution >= 4 is 13.6 Å². The minimum atomic E-state index is -3.90. The summed E-state index contributed by atoms with van der Waals surface area (Å²) in [5.41, 5.74) is 4.65. The van der Waals surface area contributed by atoms with Gasteiger partial charge in [0.05, 0.1) is 6.04 Å². The van der Waals surface area contributed by atoms with Crippen molar-refractivity contribution in [3.63, 3.8) is 0 Å². The predicted octanol–water partition coefficient (Wildman–Crippen LogP) is 6.91. The van der Waals surface area contributed by atoms with Gasteiger partial charge in [-0.3, -0.25) is 0 Å². The zero-order valence-electron chi connectivity index (χ0n) is 19.0. The maximum absolute atomic E-state index is 14.0. The molecule has 0 spiro atoms. The number of benzene rings is 3. The van der Waals surface area contributed by atoms with E-state index in [1.54, 1.807) is 24.3 Å². The molecule has 1 aliphatic rings. The number of aryl methyl sites for hydroxylation is 2. The molecule has 6 heteroatoms. The van der Waals surface area contributed by atoms with Crippen LogP contribution in [0.5, 0.6) is 11.5 Å². The van der Waals surface area contributed by atoms with Crippen molar-refractivity contribution in [2.45, 2.75) is 39.7 Å². The van der Waals surface area contributed by atoms with Crippen LogP contribution in [-0.2, 0) is 11.0 Å². The van der Waals surface area contributed by atoms with Gasteiger partial charge in [-0.2, -0.15) is 0 Å². The van der Waals surface area contributed by atoms with Crippen molar-refractivity contribution in [3.8, 4) is 11.5 Å². The highest BCUT2D eigenvalue weighted by Crippen LogP contribution is 2.51. The second-order valence-corrected chi connectivity index (χ2v) is 9.71. The van der Waals surface area contributed by atoms with Crippen molar-refractivity contribution in [2.75, 3.05) is 7.05 Å². The lowest BCUT2D eigenvalue weighted by molar-refractivity contribution is 0.344. The van der Waals surface area contributed by atoms with Gasteiger partial charge in [0.15, 0.2) is 0 Å². The fourth-order valence-corrected chi connectivity index (χ4v) is 5.36. The van der Waals surface area contributed by atoms with Crippen LogP contribution in [0.3, 0.4) is 0 Å². The molecular weight excluding hydrogens is 419 g/mol. The van der Waals surface area contributed by atoms with Gasteiger partial charge in [0.1, 0.15) is 17.3 Å². The Kier molecular flexibility index (Phi) is 6.38. The number of nitrogens with zero attached hydrogens (tertiary/aromatic N) is 2. The van der Waals surface area contributed by atoms with Crippen molar-refractivity contribution in [2.24, 2.45) is 4.76 Å². The van der Waals surface area contributed by atoms with Crippen molar-refractivity contribution in [1.82, 2.24) is 4.90 Å². The first-order valence-electron chi connectivity index (χ1n) is 10.9. The lowest BCUT2D eigenvalue weighted by Gasteiger charge is -2.36. The lowest BCUT2D eigenvalue weighted by atomic mass is 9.91. The standard InChI is InChI=1S/C26H29N2O3P/c1-5-25-24-9-7-6-8-21(24)18-26(28(25)4)27-32(29,30-22-14-10-19(2)11-15-22)31-23-16-12-20(3)13-17-23/h6-17,25H,5,18H2,1-4H3. The van der Waals surface area contributed by atoms with Crippen LogP contribution in [0.15, 0.2) is 77.6 Å². The second-order valence-electron chi connectivity index (χ2n) is 8.20. The summed E-state index contributed by atoms with van der Waals surface area (Å²) in [5, 5.41) is 0. The number of likely N-dealkylation sites (N-methyl/N-ethyl adjacent to an activating group) is 1. The first kappa shape index (κ1) is 22.2. The third-order valence-electron chi connectivity index (χ3n) is 5.75. The van der Waals surface area contributed by atoms with Crippen LogP contribution in [0.2, 0.25) is 0 Å². The van der Waals surface area contributed by atoms with Gasteiger partial charge < -0.3 is 13.9 Å². The molecule has 4 rings (SSSR count). The first-order valence-corrected chi connectivity index (χ1v) is 12.4. The average molecular weight is 449 g/mol. The zero-order valence-corrected chi connectivity index (χ0v) is 19.9. The molecule has 3 aromatic rings. The van der Waals surface area contributed by atoms with E-state index < -0.39 is 7.75 Å². The summed E-state index contributed by atoms with van der Waals surface area (Å²) in [7, 11) is -1.91. The average Bonchev–Trinajstić information content (AvgIpc) is 2.78. The summed E-state index contributed by atoms with van der Waals surface area (Å²) in [5.74, 6) is 1.61. The largest absolute Gasteiger partial charge is 0.564 e. The van der Waals surface area contributed by atoms with Crippen LogP contribution in [0.1, 0.15) is 41.6 Å². The third kappa shape index (κ3) is 4.89. The molecule has 0 fully saturated rings. The second kappa shape index (κ2) is 9.22. The minimum absolute atomic E-state index is 0.158. The molecule has 0 saturated carbocycles. The fourth-order valence-electron chi connectivity index (χ4n) is 3.97. The zero-order chi connectivity index (χ0) is 22.7. The van der Waals surface area contributed by atoms with E-state index in [1.165, 1.54) is 11.1 Å². The Morgan fingerprint density at radius 1 is 0.906 bits per heavy atom. The summed E-state index contributed by atoms with van der Waals surface area (Å²) in [6, 6.07) is 23.3. The molecule has 32 heavy (non-hydrogen) atoms. The van der Waals surface area contributed by atoms with E-state index in [0.29, 0.717) is 23.8 Å². The molecule has 166 valence electrons. The van der Waals surface area contributed by atoms with E-state index in [-0.39, 0.29) is 6.04 Å². The molecule has 0 amide bonds. The van der Waals surface area contributed by atoms with E-state index >= 15 is 0 Å². The van der Waals surface area contributed by atoms with Crippen LogP contribution in [-0.4, -0.2) is 17.8 Å². The van der Waals surface area contributed by atoms with E-state index in [2.05, 4.69) is 34.8 Å². The Hall–Kier alpha value is -3.04. The van der Waals surface area contributed by atoms with E-state index in [4.69, 9.17) is 9.05 Å². The Morgan fingerprint density at radius 2 is 1.44 bits per heavy atom. The van der Waals surface area contributed by atoms with Gasteiger partial charge in [0.2, 0.25) is 0 Å². The molecule has 5 nitrogen and oxygen atoms in total. The summed E-state index contributed by atoms with van der Waals surface area (Å²) in [4.78, 5) is 2.09. The summed E-state index contributed by atoms with van der Waals surface area (Å²) in [6.45, 7) is 6.13.